The average Bonchev–Trinajstić information content (AvgIpc) is 3.03. The van der Waals surface area contributed by atoms with Crippen LogP contribution in [0.1, 0.15) is 64.3 Å². The number of carbonyl (C=O) groups is 1. The third-order valence-electron chi connectivity index (χ3n) is 6.39. The van der Waals surface area contributed by atoms with Gasteiger partial charge in [0, 0.05) is 23.2 Å². The van der Waals surface area contributed by atoms with Crippen molar-refractivity contribution in [2.45, 2.75) is 65.5 Å². The number of hydrogen-bond acceptors (Lipinski definition) is 4. The molecule has 6 nitrogen and oxygen atoms in total. The van der Waals surface area contributed by atoms with E-state index in [9.17, 15) is 4.79 Å². The van der Waals surface area contributed by atoms with Crippen LogP contribution in [-0.4, -0.2) is 58.0 Å². The SMILES string of the molecule is Cc1c2ccc(C3=CC[C@H](C)CN3C(=O)OC(C)(C)C)cc2nn1C1CCN(C)CC1. The molecule has 0 saturated carbocycles. The van der Waals surface area contributed by atoms with Crippen LogP contribution >= 0.6 is 0 Å². The van der Waals surface area contributed by atoms with E-state index in [0.717, 1.165) is 49.1 Å². The molecular formula is C25H36N4O2. The lowest BCUT2D eigenvalue weighted by Gasteiger charge is -2.33. The van der Waals surface area contributed by atoms with Crippen molar-refractivity contribution in [1.82, 2.24) is 19.6 Å². The van der Waals surface area contributed by atoms with Gasteiger partial charge in [-0.2, -0.15) is 5.10 Å². The minimum absolute atomic E-state index is 0.279. The molecule has 1 aromatic carbocycles. The summed E-state index contributed by atoms with van der Waals surface area (Å²) in [7, 11) is 2.18. The van der Waals surface area contributed by atoms with Gasteiger partial charge in [-0.05, 0) is 79.1 Å². The Morgan fingerprint density at radius 3 is 2.58 bits per heavy atom. The van der Waals surface area contributed by atoms with Gasteiger partial charge in [-0.15, -0.1) is 0 Å². The van der Waals surface area contributed by atoms with E-state index < -0.39 is 5.60 Å². The fraction of sp³-hybridized carbons (Fsp3) is 0.600. The molecule has 2 aliphatic rings. The number of rotatable bonds is 2. The lowest BCUT2D eigenvalue weighted by atomic mass is 9.98. The molecule has 1 atom stereocenters. The zero-order chi connectivity index (χ0) is 22.3. The molecule has 0 spiro atoms. The Kier molecular flexibility index (Phi) is 5.86. The summed E-state index contributed by atoms with van der Waals surface area (Å²) in [6, 6.07) is 6.87. The highest BCUT2D eigenvalue weighted by Crippen LogP contribution is 2.33. The number of ether oxygens (including phenoxy) is 1. The van der Waals surface area contributed by atoms with Crippen LogP contribution in [0.3, 0.4) is 0 Å². The minimum atomic E-state index is -0.517. The summed E-state index contributed by atoms with van der Waals surface area (Å²) in [6.45, 7) is 13.0. The monoisotopic (exact) mass is 424 g/mol. The predicted octanol–water partition coefficient (Wildman–Crippen LogP) is 5.23. The van der Waals surface area contributed by atoms with Gasteiger partial charge in [0.25, 0.3) is 0 Å². The maximum atomic E-state index is 12.9. The first-order valence-corrected chi connectivity index (χ1v) is 11.5. The van der Waals surface area contributed by atoms with Crippen molar-refractivity contribution in [3.63, 3.8) is 0 Å². The second-order valence-corrected chi connectivity index (χ2v) is 10.3. The predicted molar refractivity (Wildman–Crippen MR) is 125 cm³/mol. The van der Waals surface area contributed by atoms with Crippen molar-refractivity contribution in [3.8, 4) is 0 Å². The molecule has 1 saturated heterocycles. The van der Waals surface area contributed by atoms with Crippen LogP contribution in [-0.2, 0) is 4.74 Å². The molecule has 3 heterocycles. The summed E-state index contributed by atoms with van der Waals surface area (Å²) < 4.78 is 7.93. The van der Waals surface area contributed by atoms with E-state index in [1.165, 1.54) is 11.1 Å². The van der Waals surface area contributed by atoms with E-state index >= 15 is 0 Å². The molecular weight excluding hydrogens is 388 g/mol. The number of aryl methyl sites for hydroxylation is 1. The molecule has 0 N–H and O–H groups in total. The zero-order valence-electron chi connectivity index (χ0n) is 19.8. The van der Waals surface area contributed by atoms with Crippen molar-refractivity contribution in [3.05, 3.63) is 35.5 Å². The topological polar surface area (TPSA) is 50.6 Å². The van der Waals surface area contributed by atoms with Gasteiger partial charge in [0.1, 0.15) is 5.60 Å². The van der Waals surface area contributed by atoms with Crippen molar-refractivity contribution in [2.24, 2.45) is 5.92 Å². The Balaban J connectivity index is 1.66. The van der Waals surface area contributed by atoms with Crippen LogP contribution in [0.5, 0.6) is 0 Å². The van der Waals surface area contributed by atoms with E-state index in [-0.39, 0.29) is 6.09 Å². The van der Waals surface area contributed by atoms with Gasteiger partial charge < -0.3 is 9.64 Å². The quantitative estimate of drug-likeness (QED) is 0.662. The van der Waals surface area contributed by atoms with Gasteiger partial charge in [0.15, 0.2) is 0 Å². The first-order chi connectivity index (χ1) is 14.6. The Bertz CT molecular complexity index is 993. The van der Waals surface area contributed by atoms with Gasteiger partial charge >= 0.3 is 6.09 Å². The van der Waals surface area contributed by atoms with E-state index in [1.807, 2.05) is 20.8 Å². The van der Waals surface area contributed by atoms with Crippen molar-refractivity contribution >= 4 is 22.7 Å². The Morgan fingerprint density at radius 2 is 1.90 bits per heavy atom. The molecule has 31 heavy (non-hydrogen) atoms. The van der Waals surface area contributed by atoms with E-state index in [2.05, 4.69) is 54.8 Å². The number of allylic oxidation sites excluding steroid dienone is 1. The number of hydrogen-bond donors (Lipinski definition) is 0. The second kappa shape index (κ2) is 8.30. The fourth-order valence-electron chi connectivity index (χ4n) is 4.66. The molecule has 0 bridgehead atoms. The van der Waals surface area contributed by atoms with Crippen molar-refractivity contribution in [1.29, 1.82) is 0 Å². The normalized spacial score (nSPS) is 21.4. The molecule has 1 amide bonds. The molecule has 2 aromatic rings. The van der Waals surface area contributed by atoms with Gasteiger partial charge in [-0.1, -0.05) is 25.1 Å². The minimum Gasteiger partial charge on any atom is -0.443 e. The average molecular weight is 425 g/mol. The first kappa shape index (κ1) is 21.9. The molecule has 168 valence electrons. The number of carbonyl (C=O) groups excluding carboxylic acids is 1. The van der Waals surface area contributed by atoms with Crippen LogP contribution < -0.4 is 0 Å². The van der Waals surface area contributed by atoms with Gasteiger partial charge in [-0.3, -0.25) is 9.58 Å². The smallest absolute Gasteiger partial charge is 0.414 e. The third-order valence-corrected chi connectivity index (χ3v) is 6.39. The molecule has 6 heteroatoms. The zero-order valence-corrected chi connectivity index (χ0v) is 19.8. The molecule has 0 aliphatic carbocycles. The maximum absolute atomic E-state index is 12.9. The Morgan fingerprint density at radius 1 is 1.19 bits per heavy atom. The van der Waals surface area contributed by atoms with Crippen molar-refractivity contribution < 1.29 is 9.53 Å². The van der Waals surface area contributed by atoms with Gasteiger partial charge in [0.05, 0.1) is 17.3 Å². The van der Waals surface area contributed by atoms with Crippen LogP contribution in [0.4, 0.5) is 4.79 Å². The summed E-state index contributed by atoms with van der Waals surface area (Å²) in [5.41, 5.74) is 3.67. The Labute approximate surface area is 185 Å². The molecule has 2 aliphatic heterocycles. The van der Waals surface area contributed by atoms with Crippen LogP contribution in [0.2, 0.25) is 0 Å². The number of fused-ring (bicyclic) bond motifs is 1. The molecule has 0 radical (unpaired) electrons. The summed E-state index contributed by atoms with van der Waals surface area (Å²) in [6.07, 6.45) is 5.11. The van der Waals surface area contributed by atoms with Crippen LogP contribution in [0, 0.1) is 12.8 Å². The summed E-state index contributed by atoms with van der Waals surface area (Å²) in [5, 5.41) is 6.19. The summed E-state index contributed by atoms with van der Waals surface area (Å²) in [5.74, 6) is 0.408. The summed E-state index contributed by atoms with van der Waals surface area (Å²) in [4.78, 5) is 17.1. The lowest BCUT2D eigenvalue weighted by Crippen LogP contribution is -2.39. The molecule has 1 aromatic heterocycles. The number of benzene rings is 1. The second-order valence-electron chi connectivity index (χ2n) is 10.3. The number of nitrogens with zero attached hydrogens (tertiary/aromatic N) is 4. The highest BCUT2D eigenvalue weighted by atomic mass is 16.6. The maximum Gasteiger partial charge on any atom is 0.414 e. The molecule has 4 rings (SSSR count). The van der Waals surface area contributed by atoms with E-state index in [0.29, 0.717) is 18.5 Å². The van der Waals surface area contributed by atoms with E-state index in [1.54, 1.807) is 4.90 Å². The highest BCUT2D eigenvalue weighted by molar-refractivity contribution is 5.88. The molecule has 1 fully saturated rings. The van der Waals surface area contributed by atoms with Gasteiger partial charge in [-0.25, -0.2) is 4.79 Å². The highest BCUT2D eigenvalue weighted by Gasteiger charge is 2.30. The molecule has 0 unspecified atom stereocenters. The first-order valence-electron chi connectivity index (χ1n) is 11.5. The van der Waals surface area contributed by atoms with E-state index in [4.69, 9.17) is 9.84 Å². The van der Waals surface area contributed by atoms with Crippen LogP contribution in [0.15, 0.2) is 24.3 Å². The van der Waals surface area contributed by atoms with Gasteiger partial charge in [0.2, 0.25) is 0 Å². The number of aromatic nitrogens is 2. The number of piperidine rings is 1. The van der Waals surface area contributed by atoms with Crippen LogP contribution in [0.25, 0.3) is 16.6 Å². The standard InChI is InChI=1S/C25H36N4O2/c1-17-7-10-23(28(16-17)24(30)31-25(3,4)5)19-8-9-21-18(2)29(26-22(21)15-19)20-11-13-27(6)14-12-20/h8-10,15,17,20H,7,11-14,16H2,1-6H3/t17-/m0/s1. The largest absolute Gasteiger partial charge is 0.443 e. The Hall–Kier alpha value is -2.34. The third kappa shape index (κ3) is 4.64. The summed E-state index contributed by atoms with van der Waals surface area (Å²) >= 11 is 0. The number of likely N-dealkylation sites (tertiary alicyclic amines) is 1. The number of amides is 1. The van der Waals surface area contributed by atoms with Crippen molar-refractivity contribution in [2.75, 3.05) is 26.7 Å². The fourth-order valence-corrected chi connectivity index (χ4v) is 4.66. The lowest BCUT2D eigenvalue weighted by molar-refractivity contribution is 0.0327.